The number of halogens is 1. The van der Waals surface area contributed by atoms with Crippen LogP contribution in [0.5, 0.6) is 11.5 Å². The summed E-state index contributed by atoms with van der Waals surface area (Å²) in [5, 5.41) is 3.22. The van der Waals surface area contributed by atoms with Crippen molar-refractivity contribution in [2.45, 2.75) is 32.6 Å². The number of nitrogens with zero attached hydrogens (tertiary/aromatic N) is 1. The lowest BCUT2D eigenvalue weighted by Crippen LogP contribution is -2.40. The number of rotatable bonds is 9. The first-order valence-corrected chi connectivity index (χ1v) is 9.01. The number of hydrogen-bond donors (Lipinski definition) is 1. The van der Waals surface area contributed by atoms with Crippen LogP contribution in [0.25, 0.3) is 0 Å². The topological polar surface area (TPSA) is 50.8 Å². The maximum atomic E-state index is 12.3. The Bertz CT molecular complexity index is 505. The van der Waals surface area contributed by atoms with Gasteiger partial charge in [-0.05, 0) is 57.8 Å². The third-order valence-electron chi connectivity index (χ3n) is 4.40. The monoisotopic (exact) mass is 370 g/mol. The Labute approximate surface area is 157 Å². The van der Waals surface area contributed by atoms with Crippen molar-refractivity contribution >= 4 is 18.3 Å². The van der Waals surface area contributed by atoms with E-state index < -0.39 is 0 Å². The van der Waals surface area contributed by atoms with Gasteiger partial charge in [0.2, 0.25) is 5.91 Å². The van der Waals surface area contributed by atoms with Crippen molar-refractivity contribution in [2.24, 2.45) is 5.92 Å². The quantitative estimate of drug-likeness (QED) is 0.678. The van der Waals surface area contributed by atoms with Gasteiger partial charge in [-0.2, -0.15) is 0 Å². The molecule has 142 valence electrons. The van der Waals surface area contributed by atoms with Crippen molar-refractivity contribution < 1.29 is 14.3 Å². The molecule has 0 atom stereocenters. The van der Waals surface area contributed by atoms with E-state index in [9.17, 15) is 4.79 Å². The molecule has 1 aliphatic heterocycles. The van der Waals surface area contributed by atoms with E-state index >= 15 is 0 Å². The maximum Gasteiger partial charge on any atom is 0.222 e. The zero-order valence-corrected chi connectivity index (χ0v) is 16.1. The Morgan fingerprint density at radius 2 is 1.84 bits per heavy atom. The number of carbonyl (C=O) groups excluding carboxylic acids is 1. The van der Waals surface area contributed by atoms with Gasteiger partial charge >= 0.3 is 0 Å². The number of piperidine rings is 1. The number of carbonyl (C=O) groups is 1. The molecule has 25 heavy (non-hydrogen) atoms. The van der Waals surface area contributed by atoms with Gasteiger partial charge in [-0.25, -0.2) is 0 Å². The standard InChI is InChI=1S/C19H30N2O3.ClH/c1-3-23-17-7-4-5-8-18(17)24-14-6-9-19(22)21-12-10-16(11-13-21)15-20-2;/h4-5,7-8,16,20H,3,6,9-15H2,1-2H3;1H. The number of ether oxygens (including phenoxy) is 2. The molecule has 2 rings (SSSR count). The van der Waals surface area contributed by atoms with Crippen LogP contribution in [0.3, 0.4) is 0 Å². The second-order valence-electron chi connectivity index (χ2n) is 6.21. The van der Waals surface area contributed by atoms with Crippen LogP contribution in [0, 0.1) is 5.92 Å². The molecule has 1 heterocycles. The highest BCUT2D eigenvalue weighted by atomic mass is 35.5. The van der Waals surface area contributed by atoms with Crippen molar-refractivity contribution in [3.05, 3.63) is 24.3 Å². The molecular formula is C19H31ClN2O3. The first-order chi connectivity index (χ1) is 11.7. The lowest BCUT2D eigenvalue weighted by Gasteiger charge is -2.32. The largest absolute Gasteiger partial charge is 0.490 e. The molecule has 1 aliphatic rings. The fourth-order valence-electron chi connectivity index (χ4n) is 3.08. The highest BCUT2D eigenvalue weighted by molar-refractivity contribution is 5.85. The molecule has 5 nitrogen and oxygen atoms in total. The van der Waals surface area contributed by atoms with Crippen LogP contribution < -0.4 is 14.8 Å². The van der Waals surface area contributed by atoms with E-state index in [0.29, 0.717) is 25.6 Å². The smallest absolute Gasteiger partial charge is 0.222 e. The van der Waals surface area contributed by atoms with Crippen LogP contribution >= 0.6 is 12.4 Å². The first kappa shape index (κ1) is 21.6. The second kappa shape index (κ2) is 12.0. The van der Waals surface area contributed by atoms with Crippen LogP contribution in [0.2, 0.25) is 0 Å². The zero-order valence-electron chi connectivity index (χ0n) is 15.3. The molecule has 1 saturated heterocycles. The van der Waals surface area contributed by atoms with Gasteiger partial charge in [0, 0.05) is 19.5 Å². The van der Waals surface area contributed by atoms with Crippen molar-refractivity contribution in [1.82, 2.24) is 10.2 Å². The Morgan fingerprint density at radius 1 is 1.20 bits per heavy atom. The van der Waals surface area contributed by atoms with Crippen molar-refractivity contribution in [2.75, 3.05) is 39.9 Å². The summed E-state index contributed by atoms with van der Waals surface area (Å²) in [6.45, 7) is 5.93. The van der Waals surface area contributed by atoms with Crippen molar-refractivity contribution in [3.8, 4) is 11.5 Å². The van der Waals surface area contributed by atoms with Gasteiger partial charge in [0.15, 0.2) is 11.5 Å². The first-order valence-electron chi connectivity index (χ1n) is 9.01. The van der Waals surface area contributed by atoms with Gasteiger partial charge in [-0.1, -0.05) is 12.1 Å². The zero-order chi connectivity index (χ0) is 17.2. The SMILES string of the molecule is CCOc1ccccc1OCCCC(=O)N1CCC(CNC)CC1.Cl. The molecule has 0 saturated carbocycles. The summed E-state index contributed by atoms with van der Waals surface area (Å²) in [6.07, 6.45) is 3.48. The minimum absolute atomic E-state index is 0. The van der Waals surface area contributed by atoms with Gasteiger partial charge < -0.3 is 19.7 Å². The summed E-state index contributed by atoms with van der Waals surface area (Å²) in [7, 11) is 1.99. The Hall–Kier alpha value is -1.46. The molecule has 0 radical (unpaired) electrons. The van der Waals surface area contributed by atoms with E-state index in [-0.39, 0.29) is 18.3 Å². The molecule has 1 aromatic rings. The average molecular weight is 371 g/mol. The Kier molecular flexibility index (Phi) is 10.3. The highest BCUT2D eigenvalue weighted by Gasteiger charge is 2.21. The van der Waals surface area contributed by atoms with Gasteiger partial charge in [-0.15, -0.1) is 12.4 Å². The Morgan fingerprint density at radius 3 is 2.44 bits per heavy atom. The van der Waals surface area contributed by atoms with Crippen LogP contribution in [0.4, 0.5) is 0 Å². The van der Waals surface area contributed by atoms with Crippen molar-refractivity contribution in [3.63, 3.8) is 0 Å². The maximum absolute atomic E-state index is 12.3. The van der Waals surface area contributed by atoms with Crippen LogP contribution in [-0.2, 0) is 4.79 Å². The van der Waals surface area contributed by atoms with E-state index in [4.69, 9.17) is 9.47 Å². The number of likely N-dealkylation sites (tertiary alicyclic amines) is 1. The van der Waals surface area contributed by atoms with E-state index in [1.165, 1.54) is 0 Å². The van der Waals surface area contributed by atoms with E-state index in [0.717, 1.165) is 50.4 Å². The number of hydrogen-bond acceptors (Lipinski definition) is 4. The molecule has 0 aromatic heterocycles. The van der Waals surface area contributed by atoms with Gasteiger partial charge in [0.05, 0.1) is 13.2 Å². The lowest BCUT2D eigenvalue weighted by molar-refractivity contribution is -0.132. The van der Waals surface area contributed by atoms with Crippen molar-refractivity contribution in [1.29, 1.82) is 0 Å². The summed E-state index contributed by atoms with van der Waals surface area (Å²) in [6, 6.07) is 7.66. The molecular weight excluding hydrogens is 340 g/mol. The highest BCUT2D eigenvalue weighted by Crippen LogP contribution is 2.26. The summed E-state index contributed by atoms with van der Waals surface area (Å²) in [5.74, 6) is 2.47. The summed E-state index contributed by atoms with van der Waals surface area (Å²) in [4.78, 5) is 14.3. The summed E-state index contributed by atoms with van der Waals surface area (Å²) in [5.41, 5.74) is 0. The number of amides is 1. The molecule has 1 amide bonds. The minimum atomic E-state index is 0. The van der Waals surface area contributed by atoms with Gasteiger partial charge in [0.1, 0.15) is 0 Å². The molecule has 0 bridgehead atoms. The van der Waals surface area contributed by atoms with Gasteiger partial charge in [-0.3, -0.25) is 4.79 Å². The normalized spacial score (nSPS) is 14.7. The minimum Gasteiger partial charge on any atom is -0.490 e. The van der Waals surface area contributed by atoms with E-state index in [1.54, 1.807) is 0 Å². The van der Waals surface area contributed by atoms with Crippen LogP contribution in [0.15, 0.2) is 24.3 Å². The molecule has 0 unspecified atom stereocenters. The number of para-hydroxylation sites is 2. The predicted octanol–water partition coefficient (Wildman–Crippen LogP) is 3.12. The molecule has 0 spiro atoms. The van der Waals surface area contributed by atoms with Gasteiger partial charge in [0.25, 0.3) is 0 Å². The summed E-state index contributed by atoms with van der Waals surface area (Å²) < 4.78 is 11.3. The third kappa shape index (κ3) is 7.12. The van der Waals surface area contributed by atoms with E-state index in [1.807, 2.05) is 43.1 Å². The molecule has 6 heteroatoms. The van der Waals surface area contributed by atoms with Crippen LogP contribution in [-0.4, -0.2) is 50.7 Å². The fraction of sp³-hybridized carbons (Fsp3) is 0.632. The lowest BCUT2D eigenvalue weighted by atomic mass is 9.96. The number of nitrogens with one attached hydrogen (secondary N) is 1. The average Bonchev–Trinajstić information content (AvgIpc) is 2.61. The van der Waals surface area contributed by atoms with Crippen LogP contribution in [0.1, 0.15) is 32.6 Å². The fourth-order valence-corrected chi connectivity index (χ4v) is 3.08. The Balaban J connectivity index is 0.00000312. The third-order valence-corrected chi connectivity index (χ3v) is 4.40. The molecule has 0 aliphatic carbocycles. The second-order valence-corrected chi connectivity index (χ2v) is 6.21. The molecule has 1 fully saturated rings. The number of benzene rings is 1. The van der Waals surface area contributed by atoms with E-state index in [2.05, 4.69) is 5.32 Å². The summed E-state index contributed by atoms with van der Waals surface area (Å²) >= 11 is 0. The molecule has 1 N–H and O–H groups in total. The predicted molar refractivity (Wildman–Crippen MR) is 103 cm³/mol. The molecule has 1 aromatic carbocycles.